The van der Waals surface area contributed by atoms with Crippen molar-refractivity contribution in [3.8, 4) is 11.8 Å². The molecule has 1 rings (SSSR count). The number of nitrogens with two attached hydrogens (primary N) is 1. The quantitative estimate of drug-likeness (QED) is 0.367. The minimum absolute atomic E-state index is 0.240. The SMILES string of the molecule is COc1cc(Br)cc(CO)c1N/N=C(\C#N)C(=N)N. The van der Waals surface area contributed by atoms with E-state index >= 15 is 0 Å². The summed E-state index contributed by atoms with van der Waals surface area (Å²) in [7, 11) is 1.47. The molecule has 0 bridgehead atoms. The maximum atomic E-state index is 9.30. The van der Waals surface area contributed by atoms with Gasteiger partial charge in [-0.25, -0.2) is 0 Å². The number of ether oxygens (including phenoxy) is 1. The van der Waals surface area contributed by atoms with Crippen LogP contribution in [0.5, 0.6) is 5.75 Å². The van der Waals surface area contributed by atoms with Gasteiger partial charge in [-0.1, -0.05) is 15.9 Å². The number of rotatable bonds is 5. The van der Waals surface area contributed by atoms with E-state index in [-0.39, 0.29) is 12.3 Å². The molecule has 0 radical (unpaired) electrons. The molecule has 0 aliphatic heterocycles. The molecule has 0 aliphatic rings. The number of benzene rings is 1. The number of nitrogens with one attached hydrogen (secondary N) is 2. The lowest BCUT2D eigenvalue weighted by Gasteiger charge is -2.12. The molecule has 0 atom stereocenters. The molecule has 19 heavy (non-hydrogen) atoms. The van der Waals surface area contributed by atoms with Crippen molar-refractivity contribution in [1.29, 1.82) is 10.7 Å². The summed E-state index contributed by atoms with van der Waals surface area (Å²) in [6, 6.07) is 5.04. The second-order valence-corrected chi connectivity index (χ2v) is 4.31. The van der Waals surface area contributed by atoms with E-state index in [0.717, 1.165) is 4.47 Å². The highest BCUT2D eigenvalue weighted by atomic mass is 79.9. The molecular formula is C11H12BrN5O2. The molecule has 0 aromatic heterocycles. The predicted molar refractivity (Wildman–Crippen MR) is 75.2 cm³/mol. The Morgan fingerprint density at radius 2 is 2.37 bits per heavy atom. The maximum Gasteiger partial charge on any atom is 0.201 e. The van der Waals surface area contributed by atoms with Gasteiger partial charge >= 0.3 is 0 Å². The Hall–Kier alpha value is -2.11. The molecule has 100 valence electrons. The highest BCUT2D eigenvalue weighted by molar-refractivity contribution is 9.10. The topological polar surface area (TPSA) is 128 Å². The Morgan fingerprint density at radius 1 is 1.68 bits per heavy atom. The van der Waals surface area contributed by atoms with Crippen LogP contribution in [0.3, 0.4) is 0 Å². The number of amidine groups is 1. The number of hydrazone groups is 1. The summed E-state index contributed by atoms with van der Waals surface area (Å²) in [5, 5.41) is 28.9. The van der Waals surface area contributed by atoms with Gasteiger partial charge in [0.15, 0.2) is 5.84 Å². The molecule has 0 saturated carbocycles. The third-order valence-corrected chi connectivity index (χ3v) is 2.64. The van der Waals surface area contributed by atoms with Gasteiger partial charge < -0.3 is 15.6 Å². The highest BCUT2D eigenvalue weighted by Crippen LogP contribution is 2.32. The van der Waals surface area contributed by atoms with Gasteiger partial charge in [-0.15, -0.1) is 0 Å². The number of nitrogens with zero attached hydrogens (tertiary/aromatic N) is 2. The number of halogens is 1. The van der Waals surface area contributed by atoms with Crippen molar-refractivity contribution < 1.29 is 9.84 Å². The number of nitriles is 1. The van der Waals surface area contributed by atoms with Crippen LogP contribution < -0.4 is 15.9 Å². The first-order valence-electron chi connectivity index (χ1n) is 5.09. The number of hydrogen-bond acceptors (Lipinski definition) is 6. The summed E-state index contributed by atoms with van der Waals surface area (Å²) in [6.07, 6.45) is 0. The summed E-state index contributed by atoms with van der Waals surface area (Å²) in [4.78, 5) is 0. The van der Waals surface area contributed by atoms with Crippen LogP contribution in [0.2, 0.25) is 0 Å². The van der Waals surface area contributed by atoms with Crippen LogP contribution in [-0.4, -0.2) is 23.8 Å². The van der Waals surface area contributed by atoms with E-state index in [0.29, 0.717) is 17.0 Å². The van der Waals surface area contributed by atoms with Crippen molar-refractivity contribution in [3.63, 3.8) is 0 Å². The number of methoxy groups -OCH3 is 1. The molecule has 0 spiro atoms. The highest BCUT2D eigenvalue weighted by Gasteiger charge is 2.11. The predicted octanol–water partition coefficient (Wildman–Crippen LogP) is 1.18. The zero-order valence-corrected chi connectivity index (χ0v) is 11.7. The van der Waals surface area contributed by atoms with Crippen molar-refractivity contribution in [2.75, 3.05) is 12.5 Å². The molecule has 0 amide bonds. The first kappa shape index (κ1) is 14.9. The lowest BCUT2D eigenvalue weighted by Crippen LogP contribution is -2.22. The molecule has 0 fully saturated rings. The number of aliphatic hydroxyl groups excluding tert-OH is 1. The number of hydrogen-bond donors (Lipinski definition) is 4. The summed E-state index contributed by atoms with van der Waals surface area (Å²) in [6.45, 7) is -0.240. The monoisotopic (exact) mass is 325 g/mol. The van der Waals surface area contributed by atoms with Crippen molar-refractivity contribution in [2.45, 2.75) is 6.61 Å². The summed E-state index contributed by atoms with van der Waals surface area (Å²) in [5.41, 5.74) is 8.43. The second-order valence-electron chi connectivity index (χ2n) is 3.40. The lowest BCUT2D eigenvalue weighted by molar-refractivity contribution is 0.281. The largest absolute Gasteiger partial charge is 0.494 e. The molecule has 1 aromatic rings. The summed E-state index contributed by atoms with van der Waals surface area (Å²) in [5.74, 6) is -0.0142. The Labute approximate surface area is 118 Å². The van der Waals surface area contributed by atoms with Gasteiger partial charge in [-0.05, 0) is 12.1 Å². The fourth-order valence-corrected chi connectivity index (χ4v) is 1.79. The molecule has 7 nitrogen and oxygen atoms in total. The number of aliphatic hydroxyl groups is 1. The van der Waals surface area contributed by atoms with Crippen molar-refractivity contribution >= 4 is 33.2 Å². The van der Waals surface area contributed by atoms with E-state index in [1.54, 1.807) is 18.2 Å². The third kappa shape index (κ3) is 3.67. The summed E-state index contributed by atoms with van der Waals surface area (Å²) < 4.78 is 5.89. The van der Waals surface area contributed by atoms with Crippen LogP contribution in [0, 0.1) is 16.7 Å². The maximum absolute atomic E-state index is 9.30. The van der Waals surface area contributed by atoms with Gasteiger partial charge in [0, 0.05) is 10.0 Å². The second kappa shape index (κ2) is 6.72. The lowest BCUT2D eigenvalue weighted by atomic mass is 10.2. The van der Waals surface area contributed by atoms with Crippen molar-refractivity contribution in [3.05, 3.63) is 22.2 Å². The van der Waals surface area contributed by atoms with Crippen LogP contribution >= 0.6 is 15.9 Å². The van der Waals surface area contributed by atoms with Crippen LogP contribution in [-0.2, 0) is 6.61 Å². The molecule has 8 heteroatoms. The summed E-state index contributed by atoms with van der Waals surface area (Å²) >= 11 is 3.28. The van der Waals surface area contributed by atoms with E-state index in [1.807, 2.05) is 0 Å². The Balaban J connectivity index is 3.20. The van der Waals surface area contributed by atoms with Gasteiger partial charge in [-0.2, -0.15) is 10.4 Å². The van der Waals surface area contributed by atoms with Gasteiger partial charge in [0.2, 0.25) is 5.71 Å². The average molecular weight is 326 g/mol. The Bertz CT molecular complexity index is 540. The van der Waals surface area contributed by atoms with Gasteiger partial charge in [0.25, 0.3) is 0 Å². The molecule has 0 saturated heterocycles. The van der Waals surface area contributed by atoms with Crippen LogP contribution in [0.15, 0.2) is 21.7 Å². The van der Waals surface area contributed by atoms with Gasteiger partial charge in [0.1, 0.15) is 17.5 Å². The van der Waals surface area contributed by atoms with Crippen molar-refractivity contribution in [1.82, 2.24) is 0 Å². The van der Waals surface area contributed by atoms with Gasteiger partial charge in [-0.3, -0.25) is 10.8 Å². The van der Waals surface area contributed by atoms with E-state index in [4.69, 9.17) is 21.1 Å². The Kier molecular flexibility index (Phi) is 5.29. The minimum Gasteiger partial charge on any atom is -0.494 e. The zero-order chi connectivity index (χ0) is 14.4. The van der Waals surface area contributed by atoms with Crippen LogP contribution in [0.1, 0.15) is 5.56 Å². The minimum atomic E-state index is -0.448. The van der Waals surface area contributed by atoms with Crippen LogP contribution in [0.4, 0.5) is 5.69 Å². The van der Waals surface area contributed by atoms with Crippen molar-refractivity contribution in [2.24, 2.45) is 10.8 Å². The Morgan fingerprint density at radius 3 is 2.84 bits per heavy atom. The molecular weight excluding hydrogens is 314 g/mol. The van der Waals surface area contributed by atoms with E-state index < -0.39 is 5.84 Å². The molecule has 1 aromatic carbocycles. The zero-order valence-electron chi connectivity index (χ0n) is 10.1. The average Bonchev–Trinajstić information content (AvgIpc) is 2.39. The smallest absolute Gasteiger partial charge is 0.201 e. The van der Waals surface area contributed by atoms with E-state index in [2.05, 4.69) is 26.5 Å². The fraction of sp³-hybridized carbons (Fsp3) is 0.182. The molecule has 0 aliphatic carbocycles. The van der Waals surface area contributed by atoms with Crippen LogP contribution in [0.25, 0.3) is 0 Å². The normalized spacial score (nSPS) is 10.7. The first-order chi connectivity index (χ1) is 9.03. The van der Waals surface area contributed by atoms with Gasteiger partial charge in [0.05, 0.1) is 13.7 Å². The molecule has 0 heterocycles. The fourth-order valence-electron chi connectivity index (χ4n) is 1.31. The van der Waals surface area contributed by atoms with E-state index in [1.165, 1.54) is 7.11 Å². The molecule has 5 N–H and O–H groups in total. The third-order valence-electron chi connectivity index (χ3n) is 2.18. The number of anilines is 1. The van der Waals surface area contributed by atoms with E-state index in [9.17, 15) is 5.11 Å². The molecule has 0 unspecified atom stereocenters. The first-order valence-corrected chi connectivity index (χ1v) is 5.88. The standard InChI is InChI=1S/C11H12BrN5O2/c1-19-9-3-7(12)2-6(5-18)10(9)17-16-8(4-13)11(14)15/h2-3,17-18H,5H2,1H3,(H3,14,15)/b16-8+.